The minimum absolute atomic E-state index is 0.0351. The Labute approximate surface area is 159 Å². The lowest BCUT2D eigenvalue weighted by Crippen LogP contribution is -2.40. The van der Waals surface area contributed by atoms with E-state index in [9.17, 15) is 17.2 Å². The van der Waals surface area contributed by atoms with Gasteiger partial charge in [0.2, 0.25) is 10.0 Å². The molecule has 0 saturated carbocycles. The highest BCUT2D eigenvalue weighted by Crippen LogP contribution is 2.30. The van der Waals surface area contributed by atoms with Crippen molar-refractivity contribution in [2.75, 3.05) is 13.1 Å². The molecule has 0 unspecified atom stereocenters. The standard InChI is InChI=1S/C16H18ClF2N3O4S/c1-9(16(18)19)10(2)25-11-5-7-22(8-6-11)27(23,24)13-4-3-12(17)14-15(13)21-26-20-14/h3-4,11,16H,5-8H2,1-2H3/b10-9-. The highest BCUT2D eigenvalue weighted by molar-refractivity contribution is 7.89. The van der Waals surface area contributed by atoms with Crippen molar-refractivity contribution < 1.29 is 26.6 Å². The molecule has 0 radical (unpaired) electrons. The lowest BCUT2D eigenvalue weighted by molar-refractivity contribution is 0.0645. The van der Waals surface area contributed by atoms with Crippen molar-refractivity contribution >= 4 is 32.7 Å². The van der Waals surface area contributed by atoms with Gasteiger partial charge in [0.05, 0.1) is 10.8 Å². The molecule has 0 aliphatic carbocycles. The zero-order valence-corrected chi connectivity index (χ0v) is 16.2. The minimum Gasteiger partial charge on any atom is -0.495 e. The number of alkyl halides is 2. The molecule has 0 amide bonds. The van der Waals surface area contributed by atoms with E-state index in [1.165, 1.54) is 30.3 Å². The van der Waals surface area contributed by atoms with Gasteiger partial charge in [-0.25, -0.2) is 21.8 Å². The van der Waals surface area contributed by atoms with Crippen LogP contribution in [0, 0.1) is 0 Å². The first-order valence-corrected chi connectivity index (χ1v) is 10.1. The molecule has 27 heavy (non-hydrogen) atoms. The van der Waals surface area contributed by atoms with E-state index in [0.29, 0.717) is 12.8 Å². The van der Waals surface area contributed by atoms with Gasteiger partial charge in [0.15, 0.2) is 11.0 Å². The third kappa shape index (κ3) is 3.92. The van der Waals surface area contributed by atoms with E-state index >= 15 is 0 Å². The fourth-order valence-corrected chi connectivity index (χ4v) is 4.62. The average molecular weight is 422 g/mol. The normalized spacial score (nSPS) is 18.1. The number of allylic oxidation sites excluding steroid dienone is 2. The van der Waals surface area contributed by atoms with Crippen LogP contribution in [0.1, 0.15) is 26.7 Å². The first-order valence-electron chi connectivity index (χ1n) is 8.25. The minimum atomic E-state index is -3.83. The van der Waals surface area contributed by atoms with Crippen molar-refractivity contribution in [2.45, 2.75) is 44.1 Å². The van der Waals surface area contributed by atoms with Crippen LogP contribution < -0.4 is 0 Å². The van der Waals surface area contributed by atoms with E-state index in [1.807, 2.05) is 0 Å². The number of nitrogens with zero attached hydrogens (tertiary/aromatic N) is 3. The van der Waals surface area contributed by atoms with Gasteiger partial charge < -0.3 is 4.74 Å². The van der Waals surface area contributed by atoms with E-state index in [4.69, 9.17) is 16.3 Å². The molecule has 7 nitrogen and oxygen atoms in total. The van der Waals surface area contributed by atoms with E-state index in [-0.39, 0.29) is 51.5 Å². The predicted octanol–water partition coefficient (Wildman–Crippen LogP) is 3.60. The topological polar surface area (TPSA) is 85.5 Å². The van der Waals surface area contributed by atoms with Crippen molar-refractivity contribution in [3.05, 3.63) is 28.5 Å². The fraction of sp³-hybridized carbons (Fsp3) is 0.500. The number of ether oxygens (including phenoxy) is 1. The summed E-state index contributed by atoms with van der Waals surface area (Å²) in [4.78, 5) is -0.0351. The molecule has 2 heterocycles. The number of piperidine rings is 1. The largest absolute Gasteiger partial charge is 0.495 e. The third-order valence-electron chi connectivity index (χ3n) is 4.57. The Morgan fingerprint density at radius 1 is 1.26 bits per heavy atom. The van der Waals surface area contributed by atoms with Gasteiger partial charge in [0.25, 0.3) is 6.43 Å². The van der Waals surface area contributed by atoms with Crippen molar-refractivity contribution in [1.29, 1.82) is 0 Å². The zero-order chi connectivity index (χ0) is 19.8. The Balaban J connectivity index is 1.74. The molecule has 1 aromatic carbocycles. The van der Waals surface area contributed by atoms with Crippen LogP contribution in [0.4, 0.5) is 8.78 Å². The molecule has 11 heteroatoms. The number of aromatic nitrogens is 2. The summed E-state index contributed by atoms with van der Waals surface area (Å²) in [5.74, 6) is 0.180. The van der Waals surface area contributed by atoms with Gasteiger partial charge in [-0.15, -0.1) is 0 Å². The van der Waals surface area contributed by atoms with Crippen LogP contribution in [-0.2, 0) is 14.8 Å². The first kappa shape index (κ1) is 20.0. The Kier molecular flexibility index (Phi) is 5.68. The summed E-state index contributed by atoms with van der Waals surface area (Å²) >= 11 is 5.98. The molecule has 1 aliphatic heterocycles. The number of hydrogen-bond acceptors (Lipinski definition) is 6. The van der Waals surface area contributed by atoms with Crippen LogP contribution in [-0.4, -0.2) is 48.7 Å². The number of halogens is 3. The molecular weight excluding hydrogens is 404 g/mol. The Bertz CT molecular complexity index is 969. The monoisotopic (exact) mass is 421 g/mol. The molecular formula is C16H18ClF2N3O4S. The van der Waals surface area contributed by atoms with Crippen LogP contribution in [0.5, 0.6) is 0 Å². The zero-order valence-electron chi connectivity index (χ0n) is 14.7. The van der Waals surface area contributed by atoms with Gasteiger partial charge in [-0.1, -0.05) is 11.6 Å². The van der Waals surface area contributed by atoms with Gasteiger partial charge in [0, 0.05) is 18.7 Å². The summed E-state index contributed by atoms with van der Waals surface area (Å²) in [7, 11) is -3.83. The van der Waals surface area contributed by atoms with E-state index in [1.54, 1.807) is 0 Å². The van der Waals surface area contributed by atoms with Crippen molar-refractivity contribution in [3.8, 4) is 0 Å². The van der Waals surface area contributed by atoms with Crippen LogP contribution in [0.3, 0.4) is 0 Å². The van der Waals surface area contributed by atoms with E-state index in [2.05, 4.69) is 14.9 Å². The van der Waals surface area contributed by atoms with E-state index in [0.717, 1.165) is 0 Å². The van der Waals surface area contributed by atoms with Gasteiger partial charge in [-0.05, 0) is 49.1 Å². The maximum Gasteiger partial charge on any atom is 0.263 e. The lowest BCUT2D eigenvalue weighted by atomic mass is 10.1. The molecule has 0 bridgehead atoms. The SMILES string of the molecule is C/C(OC1CCN(S(=O)(=O)c2ccc(Cl)c3nonc23)CC1)=C(\C)C(F)F. The quantitative estimate of drug-likeness (QED) is 0.685. The highest BCUT2D eigenvalue weighted by atomic mass is 35.5. The maximum absolute atomic E-state index is 13.0. The maximum atomic E-state index is 13.0. The predicted molar refractivity (Wildman–Crippen MR) is 94.1 cm³/mol. The molecule has 2 aromatic rings. The van der Waals surface area contributed by atoms with Crippen LogP contribution >= 0.6 is 11.6 Å². The molecule has 0 N–H and O–H groups in total. The van der Waals surface area contributed by atoms with Crippen molar-refractivity contribution in [2.24, 2.45) is 0 Å². The van der Waals surface area contributed by atoms with Crippen LogP contribution in [0.2, 0.25) is 5.02 Å². The molecule has 3 rings (SSSR count). The Hall–Kier alpha value is -1.78. The molecule has 1 aromatic heterocycles. The van der Waals surface area contributed by atoms with Gasteiger partial charge in [0.1, 0.15) is 11.0 Å². The summed E-state index contributed by atoms with van der Waals surface area (Å²) in [6.45, 7) is 3.21. The number of fused-ring (bicyclic) bond motifs is 1. The van der Waals surface area contributed by atoms with Crippen LogP contribution in [0.25, 0.3) is 11.0 Å². The highest BCUT2D eigenvalue weighted by Gasteiger charge is 2.33. The van der Waals surface area contributed by atoms with Crippen molar-refractivity contribution in [3.63, 3.8) is 0 Å². The molecule has 1 saturated heterocycles. The summed E-state index contributed by atoms with van der Waals surface area (Å²) in [6, 6.07) is 2.80. The van der Waals surface area contributed by atoms with E-state index < -0.39 is 16.4 Å². The molecule has 1 aliphatic rings. The van der Waals surface area contributed by atoms with Gasteiger partial charge in [-0.2, -0.15) is 4.31 Å². The van der Waals surface area contributed by atoms with Gasteiger partial charge >= 0.3 is 0 Å². The number of sulfonamides is 1. The number of rotatable bonds is 5. The summed E-state index contributed by atoms with van der Waals surface area (Å²) in [5.41, 5.74) is 0.138. The fourth-order valence-electron chi connectivity index (χ4n) is 2.85. The summed E-state index contributed by atoms with van der Waals surface area (Å²) in [6.07, 6.45) is -2.11. The second-order valence-electron chi connectivity index (χ2n) is 6.27. The summed E-state index contributed by atoms with van der Waals surface area (Å²) < 4.78 is 62.9. The first-order chi connectivity index (χ1) is 12.7. The van der Waals surface area contributed by atoms with Gasteiger partial charge in [-0.3, -0.25) is 0 Å². The average Bonchev–Trinajstić information content (AvgIpc) is 3.12. The van der Waals surface area contributed by atoms with Crippen LogP contribution in [0.15, 0.2) is 33.0 Å². The third-order valence-corrected chi connectivity index (χ3v) is 6.81. The number of benzene rings is 1. The molecule has 148 valence electrons. The Morgan fingerprint density at radius 2 is 1.89 bits per heavy atom. The smallest absolute Gasteiger partial charge is 0.263 e. The molecule has 0 atom stereocenters. The second kappa shape index (κ2) is 7.69. The second-order valence-corrected chi connectivity index (χ2v) is 8.58. The molecule has 1 fully saturated rings. The lowest BCUT2D eigenvalue weighted by Gasteiger charge is -2.31. The summed E-state index contributed by atoms with van der Waals surface area (Å²) in [5, 5.41) is 7.52. The molecule has 0 spiro atoms. The number of hydrogen-bond donors (Lipinski definition) is 0. The van der Waals surface area contributed by atoms with Crippen molar-refractivity contribution in [1.82, 2.24) is 14.6 Å². The Morgan fingerprint density at radius 3 is 2.52 bits per heavy atom.